The van der Waals surface area contributed by atoms with Gasteiger partial charge in [0.05, 0.1) is 6.54 Å². The van der Waals surface area contributed by atoms with Gasteiger partial charge in [-0.05, 0) is 42.9 Å². The van der Waals surface area contributed by atoms with Crippen LogP contribution in [0.5, 0.6) is 0 Å². The van der Waals surface area contributed by atoms with Gasteiger partial charge in [0.25, 0.3) is 11.5 Å². The van der Waals surface area contributed by atoms with Crippen LogP contribution in [-0.2, 0) is 16.9 Å². The molecule has 1 aromatic carbocycles. The second-order valence-electron chi connectivity index (χ2n) is 8.32. The standard InChI is InChI=1S/C24H27N3O3/c1-17-6-5-15-27(21(17)28)16-24(22(29)25-23(30)26-24)20-13-11-19(12-14-20)10-9-18-7-3-2-4-8-18/h5-6,9-15,18H,2-4,7-8,16H2,1H3,(H2,25,26,29,30). The lowest BCUT2D eigenvalue weighted by molar-refractivity contribution is -0.124. The first-order chi connectivity index (χ1) is 14.5. The maximum absolute atomic E-state index is 12.8. The van der Waals surface area contributed by atoms with Crippen molar-refractivity contribution in [2.24, 2.45) is 5.92 Å². The van der Waals surface area contributed by atoms with Crippen molar-refractivity contribution >= 4 is 18.0 Å². The Labute approximate surface area is 176 Å². The fraction of sp³-hybridized carbons (Fsp3) is 0.375. The van der Waals surface area contributed by atoms with Gasteiger partial charge < -0.3 is 9.88 Å². The summed E-state index contributed by atoms with van der Waals surface area (Å²) in [6, 6.07) is 10.5. The van der Waals surface area contributed by atoms with Gasteiger partial charge in [-0.2, -0.15) is 0 Å². The number of aryl methyl sites for hydroxylation is 1. The van der Waals surface area contributed by atoms with Gasteiger partial charge in [-0.3, -0.25) is 14.9 Å². The highest BCUT2D eigenvalue weighted by molar-refractivity contribution is 6.07. The molecule has 3 amide bonds. The summed E-state index contributed by atoms with van der Waals surface area (Å²) >= 11 is 0. The Bertz CT molecular complexity index is 1030. The summed E-state index contributed by atoms with van der Waals surface area (Å²) in [5, 5.41) is 5.08. The largest absolute Gasteiger partial charge is 0.322 e. The van der Waals surface area contributed by atoms with Crippen molar-refractivity contribution < 1.29 is 9.59 Å². The molecule has 1 saturated carbocycles. The van der Waals surface area contributed by atoms with E-state index in [1.54, 1.807) is 25.3 Å². The molecule has 0 radical (unpaired) electrons. The molecule has 0 spiro atoms. The predicted molar refractivity (Wildman–Crippen MR) is 116 cm³/mol. The van der Waals surface area contributed by atoms with E-state index in [1.807, 2.05) is 24.3 Å². The van der Waals surface area contributed by atoms with Crippen molar-refractivity contribution in [2.45, 2.75) is 51.1 Å². The van der Waals surface area contributed by atoms with Crippen LogP contribution in [0.15, 0.2) is 53.5 Å². The number of allylic oxidation sites excluding steroid dienone is 1. The number of hydrogen-bond donors (Lipinski definition) is 2. The molecule has 1 saturated heterocycles. The highest BCUT2D eigenvalue weighted by Crippen LogP contribution is 2.28. The molecule has 2 aromatic rings. The number of carbonyl (C=O) groups is 2. The summed E-state index contributed by atoms with van der Waals surface area (Å²) in [7, 11) is 0. The first-order valence-electron chi connectivity index (χ1n) is 10.6. The van der Waals surface area contributed by atoms with Crippen LogP contribution in [0.4, 0.5) is 4.79 Å². The number of hydrogen-bond acceptors (Lipinski definition) is 3. The van der Waals surface area contributed by atoms with Crippen LogP contribution in [0.3, 0.4) is 0 Å². The van der Waals surface area contributed by atoms with Crippen molar-refractivity contribution in [3.05, 3.63) is 75.7 Å². The zero-order chi connectivity index (χ0) is 21.1. The van der Waals surface area contributed by atoms with Crippen LogP contribution < -0.4 is 16.2 Å². The molecule has 2 heterocycles. The molecule has 2 aliphatic rings. The number of benzene rings is 1. The number of rotatable bonds is 5. The zero-order valence-corrected chi connectivity index (χ0v) is 17.2. The molecule has 1 aromatic heterocycles. The smallest absolute Gasteiger partial charge is 0.318 e. The van der Waals surface area contributed by atoms with E-state index in [0.29, 0.717) is 17.0 Å². The molecule has 4 rings (SSSR count). The fourth-order valence-corrected chi connectivity index (χ4v) is 4.39. The molecule has 1 aliphatic heterocycles. The molecule has 2 N–H and O–H groups in total. The van der Waals surface area contributed by atoms with Crippen molar-refractivity contribution in [3.63, 3.8) is 0 Å². The average Bonchev–Trinajstić information content (AvgIpc) is 3.05. The van der Waals surface area contributed by atoms with Gasteiger partial charge in [0.2, 0.25) is 0 Å². The van der Waals surface area contributed by atoms with Crippen LogP contribution in [0.25, 0.3) is 6.08 Å². The number of amides is 3. The Morgan fingerprint density at radius 3 is 2.47 bits per heavy atom. The Morgan fingerprint density at radius 2 is 1.80 bits per heavy atom. The van der Waals surface area contributed by atoms with Crippen molar-refractivity contribution in [1.82, 2.24) is 15.2 Å². The minimum absolute atomic E-state index is 0.0301. The van der Waals surface area contributed by atoms with Gasteiger partial charge in [-0.1, -0.05) is 61.7 Å². The quantitative estimate of drug-likeness (QED) is 0.748. The molecule has 0 bridgehead atoms. The van der Waals surface area contributed by atoms with E-state index < -0.39 is 17.5 Å². The summed E-state index contributed by atoms with van der Waals surface area (Å²) in [6.07, 6.45) is 12.5. The summed E-state index contributed by atoms with van der Waals surface area (Å²) < 4.78 is 1.47. The second-order valence-corrected chi connectivity index (χ2v) is 8.32. The molecule has 6 heteroatoms. The highest BCUT2D eigenvalue weighted by atomic mass is 16.2. The minimum Gasteiger partial charge on any atom is -0.318 e. The molecule has 1 atom stereocenters. The monoisotopic (exact) mass is 405 g/mol. The van der Waals surface area contributed by atoms with Gasteiger partial charge in [0.1, 0.15) is 0 Å². The van der Waals surface area contributed by atoms with Crippen molar-refractivity contribution in [2.75, 3.05) is 0 Å². The number of imide groups is 1. The van der Waals surface area contributed by atoms with E-state index in [1.165, 1.54) is 36.7 Å². The SMILES string of the molecule is Cc1cccn(CC2(c3ccc(C=CC4CCCCC4)cc3)NC(=O)NC2=O)c1=O. The number of urea groups is 1. The third kappa shape index (κ3) is 3.95. The maximum atomic E-state index is 12.8. The van der Waals surface area contributed by atoms with E-state index in [-0.39, 0.29) is 12.1 Å². The molecule has 156 valence electrons. The van der Waals surface area contributed by atoms with Gasteiger partial charge in [-0.15, -0.1) is 0 Å². The Hall–Kier alpha value is -3.15. The second kappa shape index (κ2) is 8.30. The van der Waals surface area contributed by atoms with Gasteiger partial charge >= 0.3 is 6.03 Å². The van der Waals surface area contributed by atoms with Crippen LogP contribution in [0.2, 0.25) is 0 Å². The molecular formula is C24H27N3O3. The lowest BCUT2D eigenvalue weighted by Crippen LogP contribution is -2.49. The van der Waals surface area contributed by atoms with E-state index in [4.69, 9.17) is 0 Å². The van der Waals surface area contributed by atoms with Crippen molar-refractivity contribution in [1.29, 1.82) is 0 Å². The summed E-state index contributed by atoms with van der Waals surface area (Å²) in [6.45, 7) is 1.76. The highest BCUT2D eigenvalue weighted by Gasteiger charge is 2.48. The first-order valence-corrected chi connectivity index (χ1v) is 10.6. The Balaban J connectivity index is 1.62. The molecule has 30 heavy (non-hydrogen) atoms. The predicted octanol–water partition coefficient (Wildman–Crippen LogP) is 3.49. The number of nitrogens with zero attached hydrogens (tertiary/aromatic N) is 1. The van der Waals surface area contributed by atoms with Gasteiger partial charge in [-0.25, -0.2) is 4.79 Å². The lowest BCUT2D eigenvalue weighted by atomic mass is 9.87. The van der Waals surface area contributed by atoms with Gasteiger partial charge in [0, 0.05) is 11.8 Å². The number of pyridine rings is 1. The molecule has 1 aliphatic carbocycles. The number of carbonyl (C=O) groups excluding carboxylic acids is 2. The van der Waals surface area contributed by atoms with Gasteiger partial charge in [0.15, 0.2) is 5.54 Å². The minimum atomic E-state index is -1.32. The normalized spacial score (nSPS) is 22.3. The van der Waals surface area contributed by atoms with Crippen LogP contribution >= 0.6 is 0 Å². The van der Waals surface area contributed by atoms with E-state index in [0.717, 1.165) is 5.56 Å². The maximum Gasteiger partial charge on any atom is 0.322 e. The Morgan fingerprint density at radius 1 is 1.07 bits per heavy atom. The van der Waals surface area contributed by atoms with Crippen molar-refractivity contribution in [3.8, 4) is 0 Å². The summed E-state index contributed by atoms with van der Waals surface area (Å²) in [4.78, 5) is 37.3. The van der Waals surface area contributed by atoms with Crippen LogP contribution in [-0.4, -0.2) is 16.5 Å². The number of aromatic nitrogens is 1. The molecule has 6 nitrogen and oxygen atoms in total. The van der Waals surface area contributed by atoms with Crippen LogP contribution in [0, 0.1) is 12.8 Å². The van der Waals surface area contributed by atoms with E-state index >= 15 is 0 Å². The van der Waals surface area contributed by atoms with E-state index in [9.17, 15) is 14.4 Å². The fourth-order valence-electron chi connectivity index (χ4n) is 4.39. The molecular weight excluding hydrogens is 378 g/mol. The average molecular weight is 405 g/mol. The molecule has 1 unspecified atom stereocenters. The zero-order valence-electron chi connectivity index (χ0n) is 17.2. The topological polar surface area (TPSA) is 80.2 Å². The Kier molecular flexibility index (Phi) is 5.57. The van der Waals surface area contributed by atoms with E-state index in [2.05, 4.69) is 22.8 Å². The lowest BCUT2D eigenvalue weighted by Gasteiger charge is -2.27. The third-order valence-electron chi connectivity index (χ3n) is 6.17. The summed E-state index contributed by atoms with van der Waals surface area (Å²) in [5.41, 5.74) is 0.782. The first kappa shape index (κ1) is 20.1. The third-order valence-corrected chi connectivity index (χ3v) is 6.17. The molecule has 2 fully saturated rings. The number of nitrogens with one attached hydrogen (secondary N) is 2. The summed E-state index contributed by atoms with van der Waals surface area (Å²) in [5.74, 6) is 0.185. The van der Waals surface area contributed by atoms with Crippen LogP contribution in [0.1, 0.15) is 48.8 Å².